The highest BCUT2D eigenvalue weighted by Crippen LogP contribution is 2.18. The van der Waals surface area contributed by atoms with Gasteiger partial charge in [0.05, 0.1) is 18.4 Å². The third-order valence-electron chi connectivity index (χ3n) is 2.64. The van der Waals surface area contributed by atoms with E-state index in [4.69, 9.17) is 15.7 Å². The minimum absolute atomic E-state index is 0.449. The number of nitrogens with one attached hydrogen (secondary N) is 1. The number of rotatable bonds is 4. The molecule has 0 bridgehead atoms. The third-order valence-corrected chi connectivity index (χ3v) is 2.64. The molecule has 1 heterocycles. The first-order chi connectivity index (χ1) is 9.22. The highest BCUT2D eigenvalue weighted by atomic mass is 16.5. The molecule has 0 unspecified atom stereocenters. The average Bonchev–Trinajstić information content (AvgIpc) is 2.46. The van der Waals surface area contributed by atoms with E-state index in [0.717, 1.165) is 11.3 Å². The summed E-state index contributed by atoms with van der Waals surface area (Å²) in [5, 5.41) is 11.9. The summed E-state index contributed by atoms with van der Waals surface area (Å²) in [6, 6.07) is 11.3. The number of hydrogen-bond acceptors (Lipinski definition) is 5. The standard InChI is InChI=1S/C14H14N4O/c1-19-12-4-2-3-10(5-12)8-17-14-13(16)6-11(7-15)9-18-14/h2-6,9H,8,16H2,1H3,(H,17,18). The van der Waals surface area contributed by atoms with Gasteiger partial charge in [-0.1, -0.05) is 12.1 Å². The normalized spacial score (nSPS) is 9.68. The molecule has 0 amide bonds. The fourth-order valence-corrected chi connectivity index (χ4v) is 1.66. The molecule has 1 aromatic heterocycles. The number of nitrogens with zero attached hydrogens (tertiary/aromatic N) is 2. The Balaban J connectivity index is 2.08. The van der Waals surface area contributed by atoms with Crippen LogP contribution in [0.4, 0.5) is 11.5 Å². The summed E-state index contributed by atoms with van der Waals surface area (Å²) in [6.45, 7) is 0.584. The van der Waals surface area contributed by atoms with Crippen LogP contribution in [0.2, 0.25) is 0 Å². The first-order valence-corrected chi connectivity index (χ1v) is 5.75. The van der Waals surface area contributed by atoms with Crippen LogP contribution < -0.4 is 15.8 Å². The average molecular weight is 254 g/mol. The van der Waals surface area contributed by atoms with Crippen LogP contribution in [0.3, 0.4) is 0 Å². The van der Waals surface area contributed by atoms with E-state index in [1.807, 2.05) is 30.3 Å². The van der Waals surface area contributed by atoms with E-state index in [2.05, 4.69) is 10.3 Å². The van der Waals surface area contributed by atoms with Gasteiger partial charge in [-0.05, 0) is 23.8 Å². The predicted octanol–water partition coefficient (Wildman–Crippen LogP) is 2.16. The zero-order valence-corrected chi connectivity index (χ0v) is 10.6. The summed E-state index contributed by atoms with van der Waals surface area (Å²) in [7, 11) is 1.63. The van der Waals surface area contributed by atoms with Crippen molar-refractivity contribution in [2.24, 2.45) is 0 Å². The van der Waals surface area contributed by atoms with Crippen molar-refractivity contribution in [3.63, 3.8) is 0 Å². The highest BCUT2D eigenvalue weighted by Gasteiger charge is 2.02. The van der Waals surface area contributed by atoms with Gasteiger partial charge in [0.1, 0.15) is 17.6 Å². The molecule has 0 radical (unpaired) electrons. The van der Waals surface area contributed by atoms with E-state index in [9.17, 15) is 0 Å². The van der Waals surface area contributed by atoms with E-state index in [1.165, 1.54) is 6.20 Å². The number of aromatic nitrogens is 1. The summed E-state index contributed by atoms with van der Waals surface area (Å²) < 4.78 is 5.16. The second kappa shape index (κ2) is 5.74. The minimum atomic E-state index is 0.449. The van der Waals surface area contributed by atoms with Crippen molar-refractivity contribution in [3.05, 3.63) is 47.7 Å². The van der Waals surface area contributed by atoms with Gasteiger partial charge in [-0.25, -0.2) is 4.98 Å². The molecule has 96 valence electrons. The van der Waals surface area contributed by atoms with Gasteiger partial charge in [-0.3, -0.25) is 0 Å². The Hall–Kier alpha value is -2.74. The maximum absolute atomic E-state index is 8.74. The fraction of sp³-hybridized carbons (Fsp3) is 0.143. The van der Waals surface area contributed by atoms with Crippen LogP contribution in [0.15, 0.2) is 36.5 Å². The monoisotopic (exact) mass is 254 g/mol. The second-order valence-electron chi connectivity index (χ2n) is 3.98. The SMILES string of the molecule is COc1cccc(CNc2ncc(C#N)cc2N)c1. The molecule has 0 aliphatic heterocycles. The number of hydrogen-bond donors (Lipinski definition) is 2. The van der Waals surface area contributed by atoms with E-state index in [-0.39, 0.29) is 0 Å². The lowest BCUT2D eigenvalue weighted by Crippen LogP contribution is -2.05. The maximum atomic E-state index is 8.74. The molecule has 2 rings (SSSR count). The molecule has 0 fully saturated rings. The number of nitrogens with two attached hydrogens (primary N) is 1. The van der Waals surface area contributed by atoms with Crippen molar-refractivity contribution >= 4 is 11.5 Å². The van der Waals surface area contributed by atoms with Crippen LogP contribution in [0.5, 0.6) is 5.75 Å². The zero-order valence-electron chi connectivity index (χ0n) is 10.6. The van der Waals surface area contributed by atoms with Gasteiger partial charge in [0.25, 0.3) is 0 Å². The van der Waals surface area contributed by atoms with Crippen molar-refractivity contribution in [2.45, 2.75) is 6.54 Å². The van der Waals surface area contributed by atoms with Gasteiger partial charge in [0.15, 0.2) is 0 Å². The molecule has 0 aliphatic rings. The predicted molar refractivity (Wildman–Crippen MR) is 73.7 cm³/mol. The molecule has 19 heavy (non-hydrogen) atoms. The molecule has 2 aromatic rings. The molecule has 0 spiro atoms. The number of methoxy groups -OCH3 is 1. The van der Waals surface area contributed by atoms with Gasteiger partial charge < -0.3 is 15.8 Å². The summed E-state index contributed by atoms with van der Waals surface area (Å²) in [6.07, 6.45) is 1.49. The van der Waals surface area contributed by atoms with Crippen LogP contribution >= 0.6 is 0 Å². The molecule has 0 aliphatic carbocycles. The van der Waals surface area contributed by atoms with Crippen LogP contribution in [0, 0.1) is 11.3 Å². The molecule has 1 aromatic carbocycles. The van der Waals surface area contributed by atoms with E-state index < -0.39 is 0 Å². The number of anilines is 2. The molecule has 0 saturated heterocycles. The second-order valence-corrected chi connectivity index (χ2v) is 3.98. The number of nitriles is 1. The molecule has 3 N–H and O–H groups in total. The first-order valence-electron chi connectivity index (χ1n) is 5.75. The summed E-state index contributed by atoms with van der Waals surface area (Å²) in [5.74, 6) is 1.38. The maximum Gasteiger partial charge on any atom is 0.149 e. The number of ether oxygens (including phenoxy) is 1. The van der Waals surface area contributed by atoms with Gasteiger partial charge in [-0.15, -0.1) is 0 Å². The topological polar surface area (TPSA) is 84.0 Å². The lowest BCUT2D eigenvalue weighted by molar-refractivity contribution is 0.414. The number of pyridine rings is 1. The minimum Gasteiger partial charge on any atom is -0.497 e. The van der Waals surface area contributed by atoms with Crippen LogP contribution in [0.1, 0.15) is 11.1 Å². The van der Waals surface area contributed by atoms with E-state index in [0.29, 0.717) is 23.6 Å². The molecule has 5 heteroatoms. The van der Waals surface area contributed by atoms with E-state index >= 15 is 0 Å². The lowest BCUT2D eigenvalue weighted by Gasteiger charge is -2.09. The van der Waals surface area contributed by atoms with Gasteiger partial charge in [0, 0.05) is 12.7 Å². The zero-order chi connectivity index (χ0) is 13.7. The van der Waals surface area contributed by atoms with Gasteiger partial charge in [0.2, 0.25) is 0 Å². The van der Waals surface area contributed by atoms with Crippen molar-refractivity contribution in [1.29, 1.82) is 5.26 Å². The summed E-state index contributed by atoms with van der Waals surface area (Å²) in [5.41, 5.74) is 7.79. The Bertz CT molecular complexity index is 619. The highest BCUT2D eigenvalue weighted by molar-refractivity contribution is 5.63. The molecule has 0 saturated carbocycles. The smallest absolute Gasteiger partial charge is 0.149 e. The van der Waals surface area contributed by atoms with Crippen LogP contribution in [-0.2, 0) is 6.54 Å². The molecule has 5 nitrogen and oxygen atoms in total. The van der Waals surface area contributed by atoms with E-state index in [1.54, 1.807) is 13.2 Å². The Morgan fingerprint density at radius 2 is 2.26 bits per heavy atom. The van der Waals surface area contributed by atoms with Crippen molar-refractivity contribution in [1.82, 2.24) is 4.98 Å². The van der Waals surface area contributed by atoms with Crippen LogP contribution in [-0.4, -0.2) is 12.1 Å². The Kier molecular flexibility index (Phi) is 3.84. The Morgan fingerprint density at radius 1 is 1.42 bits per heavy atom. The lowest BCUT2D eigenvalue weighted by atomic mass is 10.2. The fourth-order valence-electron chi connectivity index (χ4n) is 1.66. The largest absolute Gasteiger partial charge is 0.497 e. The van der Waals surface area contributed by atoms with Gasteiger partial charge in [-0.2, -0.15) is 5.26 Å². The Labute approximate surface area is 111 Å². The van der Waals surface area contributed by atoms with Crippen molar-refractivity contribution in [2.75, 3.05) is 18.2 Å². The summed E-state index contributed by atoms with van der Waals surface area (Å²) >= 11 is 0. The third kappa shape index (κ3) is 3.13. The molecule has 0 atom stereocenters. The summed E-state index contributed by atoms with van der Waals surface area (Å²) in [4.78, 5) is 4.12. The number of nitrogen functional groups attached to an aromatic ring is 1. The van der Waals surface area contributed by atoms with Crippen molar-refractivity contribution in [3.8, 4) is 11.8 Å². The van der Waals surface area contributed by atoms with Crippen molar-refractivity contribution < 1.29 is 4.74 Å². The molecular formula is C14H14N4O. The molecular weight excluding hydrogens is 240 g/mol. The van der Waals surface area contributed by atoms with Crippen LogP contribution in [0.25, 0.3) is 0 Å². The quantitative estimate of drug-likeness (QED) is 0.873. The first kappa shape index (κ1) is 12.7. The van der Waals surface area contributed by atoms with Gasteiger partial charge >= 0.3 is 0 Å². The number of benzene rings is 1. The Morgan fingerprint density at radius 3 is 2.95 bits per heavy atom.